The summed E-state index contributed by atoms with van der Waals surface area (Å²) in [4.78, 5) is 16.3. The number of aliphatic imine (C=N–C) groups is 1. The van der Waals surface area contributed by atoms with Gasteiger partial charge in [0.05, 0.1) is 5.92 Å². The maximum absolute atomic E-state index is 11.7. The maximum Gasteiger partial charge on any atom is 0.295 e. The van der Waals surface area contributed by atoms with Crippen LogP contribution in [0.3, 0.4) is 0 Å². The number of hydrogen-bond donors (Lipinski definition) is 2. The van der Waals surface area contributed by atoms with Crippen LogP contribution in [0.1, 0.15) is 25.8 Å². The lowest BCUT2D eigenvalue weighted by Crippen LogP contribution is -2.22. The molecule has 3 rings (SSSR count). The molecule has 0 saturated carbocycles. The number of terminal acetylenes is 1. The molecule has 0 saturated heterocycles. The average Bonchev–Trinajstić information content (AvgIpc) is 3.18. The largest absolute Gasteiger partial charge is 0.457 e. The quantitative estimate of drug-likeness (QED) is 0.511. The van der Waals surface area contributed by atoms with Gasteiger partial charge >= 0.3 is 0 Å². The summed E-state index contributed by atoms with van der Waals surface area (Å²) in [5, 5.41) is 6.05. The third-order valence-electron chi connectivity index (χ3n) is 4.74. The van der Waals surface area contributed by atoms with Gasteiger partial charge in [-0.05, 0) is 43.0 Å². The Morgan fingerprint density at radius 1 is 1.22 bits per heavy atom. The molecule has 0 fully saturated rings. The van der Waals surface area contributed by atoms with Gasteiger partial charge in [0.2, 0.25) is 0 Å². The number of hydrogen-bond acceptors (Lipinski definition) is 4. The molecular formula is C27H29N3O2. The number of rotatable bonds is 7. The molecule has 164 valence electrons. The molecule has 2 N–H and O–H groups in total. The lowest BCUT2D eigenvalue weighted by Gasteiger charge is -2.09. The van der Waals surface area contributed by atoms with Gasteiger partial charge in [-0.2, -0.15) is 0 Å². The Balaban J connectivity index is 0.00000176. The van der Waals surface area contributed by atoms with E-state index in [4.69, 9.17) is 4.74 Å². The summed E-state index contributed by atoms with van der Waals surface area (Å²) < 4.78 is 6.01. The molecule has 5 nitrogen and oxygen atoms in total. The van der Waals surface area contributed by atoms with Crippen LogP contribution in [-0.2, 0) is 11.2 Å². The summed E-state index contributed by atoms with van der Waals surface area (Å²) in [6, 6.07) is 17.7. The smallest absolute Gasteiger partial charge is 0.295 e. The van der Waals surface area contributed by atoms with Crippen molar-refractivity contribution >= 4 is 12.1 Å². The van der Waals surface area contributed by atoms with Gasteiger partial charge in [0.15, 0.2) is 0 Å². The second-order valence-corrected chi connectivity index (χ2v) is 7.03. The Labute approximate surface area is 191 Å². The van der Waals surface area contributed by atoms with Gasteiger partial charge < -0.3 is 15.4 Å². The molecule has 1 unspecified atom stereocenters. The summed E-state index contributed by atoms with van der Waals surface area (Å²) in [6.45, 7) is 5.33. The third kappa shape index (κ3) is 7.38. The molecule has 1 heterocycles. The van der Waals surface area contributed by atoms with Crippen LogP contribution in [0.5, 0.6) is 11.5 Å². The second kappa shape index (κ2) is 13.4. The maximum atomic E-state index is 11.7. The van der Waals surface area contributed by atoms with Crippen molar-refractivity contribution in [3.05, 3.63) is 71.6 Å². The first-order valence-electron chi connectivity index (χ1n) is 10.6. The van der Waals surface area contributed by atoms with Crippen molar-refractivity contribution in [1.29, 1.82) is 0 Å². The number of amides is 1. The van der Waals surface area contributed by atoms with Crippen LogP contribution in [0, 0.1) is 30.6 Å². The van der Waals surface area contributed by atoms with Crippen LogP contribution in [0.25, 0.3) is 0 Å². The van der Waals surface area contributed by atoms with Crippen molar-refractivity contribution in [1.82, 2.24) is 10.6 Å². The predicted molar refractivity (Wildman–Crippen MR) is 130 cm³/mol. The number of ether oxygens (including phenoxy) is 1. The molecule has 32 heavy (non-hydrogen) atoms. The van der Waals surface area contributed by atoms with E-state index in [-0.39, 0.29) is 11.8 Å². The van der Waals surface area contributed by atoms with E-state index in [9.17, 15) is 4.79 Å². The van der Waals surface area contributed by atoms with E-state index in [1.54, 1.807) is 0 Å². The molecule has 1 atom stereocenters. The van der Waals surface area contributed by atoms with Crippen molar-refractivity contribution in [2.24, 2.45) is 10.9 Å². The highest BCUT2D eigenvalue weighted by molar-refractivity contribution is 5.93. The van der Waals surface area contributed by atoms with Crippen LogP contribution < -0.4 is 15.4 Å². The zero-order valence-electron chi connectivity index (χ0n) is 18.6. The van der Waals surface area contributed by atoms with Gasteiger partial charge in [0.1, 0.15) is 17.3 Å². The van der Waals surface area contributed by atoms with Crippen LogP contribution >= 0.6 is 0 Å². The highest BCUT2D eigenvalue weighted by Crippen LogP contribution is 2.25. The minimum atomic E-state index is -0.225. The fourth-order valence-corrected chi connectivity index (χ4v) is 3.02. The minimum Gasteiger partial charge on any atom is -0.457 e. The summed E-state index contributed by atoms with van der Waals surface area (Å²) in [7, 11) is 0. The first-order chi connectivity index (χ1) is 15.7. The molecule has 0 aliphatic carbocycles. The van der Waals surface area contributed by atoms with E-state index in [0.29, 0.717) is 19.5 Å². The zero-order valence-corrected chi connectivity index (χ0v) is 18.6. The van der Waals surface area contributed by atoms with Gasteiger partial charge in [-0.1, -0.05) is 49.2 Å². The summed E-state index contributed by atoms with van der Waals surface area (Å²) in [6.07, 6.45) is 11.4. The molecule has 1 aliphatic rings. The molecule has 2 aromatic carbocycles. The molecule has 2 aromatic rings. The van der Waals surface area contributed by atoms with E-state index in [1.165, 1.54) is 0 Å². The topological polar surface area (TPSA) is 62.7 Å². The van der Waals surface area contributed by atoms with Crippen molar-refractivity contribution in [2.45, 2.75) is 26.7 Å². The minimum absolute atomic E-state index is 0.00164. The molecule has 0 bridgehead atoms. The molecule has 1 amide bonds. The van der Waals surface area contributed by atoms with E-state index >= 15 is 0 Å². The summed E-state index contributed by atoms with van der Waals surface area (Å²) in [5.41, 5.74) is 2.11. The summed E-state index contributed by atoms with van der Waals surface area (Å²) in [5.74, 6) is 7.94. The Hall–Kier alpha value is -3.96. The first kappa shape index (κ1) is 24.3. The SMILES string of the molecule is C#C.CCCNC(=O)C#CC1CNC(/N=C\Cc2ccccc2Oc2ccccc2)=C1C. The predicted octanol–water partition coefficient (Wildman–Crippen LogP) is 4.32. The first-order valence-corrected chi connectivity index (χ1v) is 10.6. The normalized spacial score (nSPS) is 14.6. The Morgan fingerprint density at radius 2 is 1.94 bits per heavy atom. The highest BCUT2D eigenvalue weighted by Gasteiger charge is 2.19. The van der Waals surface area contributed by atoms with Crippen LogP contribution in [0.15, 0.2) is 71.0 Å². The molecule has 0 aromatic heterocycles. The third-order valence-corrected chi connectivity index (χ3v) is 4.74. The molecule has 0 radical (unpaired) electrons. The number of carbonyl (C=O) groups excluding carboxylic acids is 1. The highest BCUT2D eigenvalue weighted by atomic mass is 16.5. The lowest BCUT2D eigenvalue weighted by atomic mass is 10.0. The summed E-state index contributed by atoms with van der Waals surface area (Å²) >= 11 is 0. The van der Waals surface area contributed by atoms with E-state index in [0.717, 1.165) is 34.9 Å². The molecule has 5 heteroatoms. The molecule has 0 spiro atoms. The van der Waals surface area contributed by atoms with Crippen molar-refractivity contribution in [2.75, 3.05) is 13.1 Å². The Bertz CT molecular complexity index is 1030. The fourth-order valence-electron chi connectivity index (χ4n) is 3.02. The van der Waals surface area contributed by atoms with Gasteiger partial charge in [0.25, 0.3) is 5.91 Å². The number of nitrogens with zero attached hydrogens (tertiary/aromatic N) is 1. The van der Waals surface area contributed by atoms with Gasteiger partial charge in [-0.15, -0.1) is 12.8 Å². The van der Waals surface area contributed by atoms with Crippen LogP contribution in [-0.4, -0.2) is 25.2 Å². The standard InChI is InChI=1S/C25H27N3O2.C2H2/c1-3-16-26-24(29)14-13-21-18-28-25(19(21)2)27-17-15-20-9-7-8-12-23(20)30-22-10-5-4-6-11-22;1-2/h4-12,17,21,28H,3,15-16,18H2,1-2H3,(H,26,29);1-2H/b27-17-;. The van der Waals surface area contributed by atoms with Crippen molar-refractivity contribution in [3.8, 4) is 36.2 Å². The average molecular weight is 428 g/mol. The second-order valence-electron chi connectivity index (χ2n) is 7.03. The van der Waals surface area contributed by atoms with Crippen molar-refractivity contribution < 1.29 is 9.53 Å². The number of para-hydroxylation sites is 2. The van der Waals surface area contributed by atoms with E-state index in [2.05, 4.69) is 40.3 Å². The van der Waals surface area contributed by atoms with Crippen LogP contribution in [0.4, 0.5) is 0 Å². The Morgan fingerprint density at radius 3 is 2.69 bits per heavy atom. The van der Waals surface area contributed by atoms with Gasteiger partial charge in [0, 0.05) is 31.3 Å². The fraction of sp³-hybridized carbons (Fsp3) is 0.259. The van der Waals surface area contributed by atoms with Gasteiger partial charge in [-0.25, -0.2) is 4.99 Å². The van der Waals surface area contributed by atoms with E-state index in [1.807, 2.05) is 74.7 Å². The molecular weight excluding hydrogens is 398 g/mol. The number of benzene rings is 2. The number of carbonyl (C=O) groups is 1. The lowest BCUT2D eigenvalue weighted by molar-refractivity contribution is -0.115. The van der Waals surface area contributed by atoms with Crippen molar-refractivity contribution in [3.63, 3.8) is 0 Å². The Kier molecular flexibility index (Phi) is 10.2. The number of nitrogens with one attached hydrogen (secondary N) is 2. The molecule has 1 aliphatic heterocycles. The van der Waals surface area contributed by atoms with Gasteiger partial charge in [-0.3, -0.25) is 4.79 Å². The monoisotopic (exact) mass is 427 g/mol. The zero-order chi connectivity index (χ0) is 23.2. The van der Waals surface area contributed by atoms with E-state index < -0.39 is 0 Å². The van der Waals surface area contributed by atoms with Crippen LogP contribution in [0.2, 0.25) is 0 Å².